The molecule has 1 fully saturated rings. The van der Waals surface area contributed by atoms with Crippen molar-refractivity contribution in [3.05, 3.63) is 36.0 Å². The van der Waals surface area contributed by atoms with Crippen LogP contribution < -0.4 is 0 Å². The Hall–Kier alpha value is -2.63. The van der Waals surface area contributed by atoms with E-state index in [-0.39, 0.29) is 12.5 Å². The van der Waals surface area contributed by atoms with Crippen LogP contribution in [0.2, 0.25) is 0 Å². The number of likely N-dealkylation sites (tertiary alicyclic amines) is 1. The maximum atomic E-state index is 12.8. The van der Waals surface area contributed by atoms with Crippen molar-refractivity contribution in [1.29, 1.82) is 0 Å². The van der Waals surface area contributed by atoms with E-state index in [0.717, 1.165) is 36.8 Å². The van der Waals surface area contributed by atoms with Gasteiger partial charge in [-0.1, -0.05) is 18.2 Å². The van der Waals surface area contributed by atoms with Gasteiger partial charge >= 0.3 is 0 Å². The molecule has 1 aliphatic rings. The lowest BCUT2D eigenvalue weighted by molar-refractivity contribution is -0.132. The molecule has 2 aromatic rings. The van der Waals surface area contributed by atoms with Gasteiger partial charge in [0.1, 0.15) is 6.54 Å². The summed E-state index contributed by atoms with van der Waals surface area (Å²) in [5.74, 6) is -0.950. The van der Waals surface area contributed by atoms with Crippen LogP contribution >= 0.6 is 0 Å². The molecule has 27 heavy (non-hydrogen) atoms. The molecule has 6 nitrogen and oxygen atoms in total. The number of carbonyl (C=O) groups is 3. The summed E-state index contributed by atoms with van der Waals surface area (Å²) in [6.07, 6.45) is 4.92. The zero-order chi connectivity index (χ0) is 19.4. The Morgan fingerprint density at radius 3 is 2.33 bits per heavy atom. The predicted octanol–water partition coefficient (Wildman–Crippen LogP) is 2.70. The highest BCUT2D eigenvalue weighted by Crippen LogP contribution is 2.23. The summed E-state index contributed by atoms with van der Waals surface area (Å²) in [6.45, 7) is 6.48. The molecule has 144 valence electrons. The van der Waals surface area contributed by atoms with Gasteiger partial charge in [-0.15, -0.1) is 0 Å². The fourth-order valence-electron chi connectivity index (χ4n) is 3.72. The monoisotopic (exact) mass is 369 g/mol. The molecule has 2 amide bonds. The van der Waals surface area contributed by atoms with Crippen LogP contribution in [-0.4, -0.2) is 58.1 Å². The van der Waals surface area contributed by atoms with E-state index in [9.17, 15) is 14.4 Å². The van der Waals surface area contributed by atoms with E-state index in [1.807, 2.05) is 43.0 Å². The first-order chi connectivity index (χ1) is 13.1. The quantitative estimate of drug-likeness (QED) is 0.581. The Labute approximate surface area is 159 Å². The highest BCUT2D eigenvalue weighted by atomic mass is 16.2. The number of benzene rings is 1. The van der Waals surface area contributed by atoms with E-state index in [0.29, 0.717) is 18.7 Å². The van der Waals surface area contributed by atoms with Gasteiger partial charge in [0.2, 0.25) is 5.91 Å². The molecule has 1 aromatic carbocycles. The number of ketones is 1. The highest BCUT2D eigenvalue weighted by molar-refractivity contribution is 6.44. The van der Waals surface area contributed by atoms with E-state index in [1.54, 1.807) is 10.8 Å². The molecule has 2 heterocycles. The predicted molar refractivity (Wildman–Crippen MR) is 105 cm³/mol. The molecule has 0 unspecified atom stereocenters. The van der Waals surface area contributed by atoms with Crippen molar-refractivity contribution in [1.82, 2.24) is 14.4 Å². The molecule has 0 saturated carbocycles. The lowest BCUT2D eigenvalue weighted by atomic mass is 10.1. The topological polar surface area (TPSA) is 62.6 Å². The van der Waals surface area contributed by atoms with Crippen LogP contribution in [0, 0.1) is 0 Å². The summed E-state index contributed by atoms with van der Waals surface area (Å²) in [6, 6.07) is 7.44. The second-order valence-electron chi connectivity index (χ2n) is 6.94. The lowest BCUT2D eigenvalue weighted by Crippen LogP contribution is -2.37. The fourth-order valence-corrected chi connectivity index (χ4v) is 3.72. The van der Waals surface area contributed by atoms with Gasteiger partial charge in [-0.25, -0.2) is 0 Å². The van der Waals surface area contributed by atoms with Gasteiger partial charge in [-0.05, 0) is 39.2 Å². The number of hydrogen-bond donors (Lipinski definition) is 0. The van der Waals surface area contributed by atoms with Crippen LogP contribution in [0.4, 0.5) is 0 Å². The molecule has 0 radical (unpaired) electrons. The normalized spacial score (nSPS) is 14.4. The first kappa shape index (κ1) is 19.1. The molecule has 0 spiro atoms. The summed E-state index contributed by atoms with van der Waals surface area (Å²) in [5, 5.41) is 0.717. The van der Waals surface area contributed by atoms with Gasteiger partial charge in [0.05, 0.1) is 5.56 Å². The summed E-state index contributed by atoms with van der Waals surface area (Å²) in [5.41, 5.74) is 1.17. The first-order valence-corrected chi connectivity index (χ1v) is 9.76. The number of rotatable bonds is 6. The zero-order valence-electron chi connectivity index (χ0n) is 16.1. The lowest BCUT2D eigenvalue weighted by Gasteiger charge is -2.27. The molecule has 0 bridgehead atoms. The van der Waals surface area contributed by atoms with E-state index < -0.39 is 11.7 Å². The maximum absolute atomic E-state index is 12.8. The van der Waals surface area contributed by atoms with Crippen molar-refractivity contribution < 1.29 is 14.4 Å². The second kappa shape index (κ2) is 8.37. The minimum absolute atomic E-state index is 0.0597. The number of fused-ring (bicyclic) bond motifs is 1. The largest absolute Gasteiger partial charge is 0.341 e. The molecular formula is C21H27N3O3. The van der Waals surface area contributed by atoms with E-state index >= 15 is 0 Å². The van der Waals surface area contributed by atoms with Crippen molar-refractivity contribution in [2.45, 2.75) is 39.7 Å². The average molecular weight is 369 g/mol. The minimum atomic E-state index is -0.515. The third kappa shape index (κ3) is 3.89. The maximum Gasteiger partial charge on any atom is 0.295 e. The summed E-state index contributed by atoms with van der Waals surface area (Å²) in [7, 11) is 0. The van der Waals surface area contributed by atoms with Crippen LogP contribution in [0.1, 0.15) is 43.5 Å². The van der Waals surface area contributed by atoms with Crippen LogP contribution in [0.25, 0.3) is 10.9 Å². The van der Waals surface area contributed by atoms with Gasteiger partial charge in [-0.2, -0.15) is 0 Å². The third-order valence-electron chi connectivity index (χ3n) is 5.29. The van der Waals surface area contributed by atoms with Crippen LogP contribution in [0.15, 0.2) is 30.5 Å². The number of Topliss-reactive ketones (excluding diaryl/α,β-unsaturated/α-hetero) is 1. The van der Waals surface area contributed by atoms with Gasteiger partial charge < -0.3 is 14.4 Å². The van der Waals surface area contributed by atoms with Crippen LogP contribution in [-0.2, 0) is 16.1 Å². The standard InChI is InChI=1S/C21H27N3O3/c1-3-22(4-2)21(27)20(26)17-14-24(18-11-7-6-10-16(17)18)15-19(25)23-12-8-5-9-13-23/h6-7,10-11,14H,3-5,8-9,12-13,15H2,1-2H3. The Kier molecular flexibility index (Phi) is 5.94. The number of carbonyl (C=O) groups excluding carboxylic acids is 3. The number of para-hydroxylation sites is 1. The molecule has 3 rings (SSSR count). The van der Waals surface area contributed by atoms with Gasteiger partial charge in [0.15, 0.2) is 0 Å². The third-order valence-corrected chi connectivity index (χ3v) is 5.29. The van der Waals surface area contributed by atoms with Gasteiger partial charge in [0.25, 0.3) is 11.7 Å². The molecule has 6 heteroatoms. The molecule has 1 aliphatic heterocycles. The second-order valence-corrected chi connectivity index (χ2v) is 6.94. The molecular weight excluding hydrogens is 342 g/mol. The molecule has 0 atom stereocenters. The minimum Gasteiger partial charge on any atom is -0.341 e. The first-order valence-electron chi connectivity index (χ1n) is 9.76. The summed E-state index contributed by atoms with van der Waals surface area (Å²) >= 11 is 0. The van der Waals surface area contributed by atoms with E-state index in [1.165, 1.54) is 11.3 Å². The number of amides is 2. The van der Waals surface area contributed by atoms with Gasteiger partial charge in [-0.3, -0.25) is 14.4 Å². The van der Waals surface area contributed by atoms with Crippen molar-refractivity contribution in [3.63, 3.8) is 0 Å². The van der Waals surface area contributed by atoms with E-state index in [2.05, 4.69) is 0 Å². The number of hydrogen-bond acceptors (Lipinski definition) is 3. The fraction of sp³-hybridized carbons (Fsp3) is 0.476. The summed E-state index contributed by atoms with van der Waals surface area (Å²) in [4.78, 5) is 41.4. The SMILES string of the molecule is CCN(CC)C(=O)C(=O)c1cn(CC(=O)N2CCCCC2)c2ccccc12. The zero-order valence-corrected chi connectivity index (χ0v) is 16.1. The van der Waals surface area contributed by atoms with Crippen molar-refractivity contribution in [2.24, 2.45) is 0 Å². The number of aromatic nitrogens is 1. The molecule has 1 aromatic heterocycles. The van der Waals surface area contributed by atoms with Crippen LogP contribution in [0.5, 0.6) is 0 Å². The van der Waals surface area contributed by atoms with Crippen molar-refractivity contribution in [2.75, 3.05) is 26.2 Å². The molecule has 1 saturated heterocycles. The summed E-state index contributed by atoms with van der Waals surface area (Å²) < 4.78 is 1.80. The molecule has 0 aliphatic carbocycles. The van der Waals surface area contributed by atoms with E-state index in [4.69, 9.17) is 0 Å². The highest BCUT2D eigenvalue weighted by Gasteiger charge is 2.26. The molecule has 0 N–H and O–H groups in total. The number of nitrogens with zero attached hydrogens (tertiary/aromatic N) is 3. The van der Waals surface area contributed by atoms with Crippen molar-refractivity contribution in [3.8, 4) is 0 Å². The average Bonchev–Trinajstić information content (AvgIpc) is 3.07. The smallest absolute Gasteiger partial charge is 0.295 e. The Balaban J connectivity index is 1.90. The Bertz CT molecular complexity index is 845. The van der Waals surface area contributed by atoms with Crippen LogP contribution in [0.3, 0.4) is 0 Å². The van der Waals surface area contributed by atoms with Gasteiger partial charge in [0, 0.05) is 43.3 Å². The number of likely N-dealkylation sites (N-methyl/N-ethyl adjacent to an activating group) is 1. The number of piperidine rings is 1. The Morgan fingerprint density at radius 2 is 1.67 bits per heavy atom. The Morgan fingerprint density at radius 1 is 1.00 bits per heavy atom. The van der Waals surface area contributed by atoms with Crippen molar-refractivity contribution >= 4 is 28.5 Å².